The van der Waals surface area contributed by atoms with Crippen LogP contribution >= 0.6 is 23.2 Å². The van der Waals surface area contributed by atoms with Gasteiger partial charge in [-0.3, -0.25) is 4.79 Å². The number of imidazole rings is 1. The van der Waals surface area contributed by atoms with Crippen LogP contribution in [0.15, 0.2) is 84.9 Å². The summed E-state index contributed by atoms with van der Waals surface area (Å²) in [5.41, 5.74) is 2.34. The maximum Gasteiger partial charge on any atom is 0.182 e. The average molecular weight is 461 g/mol. The van der Waals surface area contributed by atoms with Crippen molar-refractivity contribution in [2.75, 3.05) is 0 Å². The van der Waals surface area contributed by atoms with Crippen LogP contribution in [0.4, 0.5) is 0 Å². The highest BCUT2D eigenvalue weighted by molar-refractivity contribution is 6.35. The van der Waals surface area contributed by atoms with Gasteiger partial charge in [-0.15, -0.1) is 0 Å². The van der Waals surface area contributed by atoms with Crippen molar-refractivity contribution in [3.05, 3.63) is 106 Å². The van der Waals surface area contributed by atoms with E-state index in [2.05, 4.69) is 4.98 Å². The molecule has 5 rings (SSSR count). The highest BCUT2D eigenvalue weighted by Crippen LogP contribution is 2.28. The molecule has 0 N–H and O–H groups in total. The normalized spacial score (nSPS) is 11.2. The molecule has 6 heteroatoms. The Morgan fingerprint density at radius 1 is 0.875 bits per heavy atom. The van der Waals surface area contributed by atoms with Gasteiger partial charge >= 0.3 is 0 Å². The maximum absolute atomic E-state index is 13.2. The molecule has 32 heavy (non-hydrogen) atoms. The van der Waals surface area contributed by atoms with Crippen LogP contribution in [0.3, 0.4) is 0 Å². The molecule has 4 aromatic carbocycles. The molecule has 0 saturated heterocycles. The summed E-state index contributed by atoms with van der Waals surface area (Å²) in [4.78, 5) is 17.9. The van der Waals surface area contributed by atoms with E-state index in [0.717, 1.165) is 21.8 Å². The molecule has 0 radical (unpaired) electrons. The highest BCUT2D eigenvalue weighted by Gasteiger charge is 2.16. The number of carbonyl (C=O) groups excluding carboxylic acids is 1. The minimum atomic E-state index is 0.00433. The molecule has 0 aliphatic carbocycles. The highest BCUT2D eigenvalue weighted by atomic mass is 35.5. The summed E-state index contributed by atoms with van der Waals surface area (Å²) in [7, 11) is 0. The molecule has 0 aliphatic rings. The second-order valence-corrected chi connectivity index (χ2v) is 8.30. The SMILES string of the molecule is O=C(Cn1c(COc2ccc(Cl)cc2Cl)nc2ccccc21)c1ccc2ccccc2c1. The summed E-state index contributed by atoms with van der Waals surface area (Å²) in [5, 5.41) is 3.10. The molecular weight excluding hydrogens is 443 g/mol. The first-order valence-corrected chi connectivity index (χ1v) is 10.9. The Morgan fingerprint density at radius 3 is 2.50 bits per heavy atom. The van der Waals surface area contributed by atoms with Crippen LogP contribution in [0, 0.1) is 0 Å². The summed E-state index contributed by atoms with van der Waals surface area (Å²) in [6, 6.07) is 26.6. The molecule has 0 atom stereocenters. The number of para-hydroxylation sites is 2. The van der Waals surface area contributed by atoms with E-state index >= 15 is 0 Å². The topological polar surface area (TPSA) is 44.1 Å². The Bertz CT molecular complexity index is 1460. The standard InChI is InChI=1S/C26H18Cl2N2O2/c27-20-11-12-25(21(28)14-20)32-16-26-29-22-7-3-4-8-23(22)30(26)15-24(31)19-10-9-17-5-1-2-6-18(17)13-19/h1-14H,15-16H2. The van der Waals surface area contributed by atoms with E-state index in [1.807, 2.05) is 71.3 Å². The van der Waals surface area contributed by atoms with Crippen molar-refractivity contribution < 1.29 is 9.53 Å². The zero-order chi connectivity index (χ0) is 22.1. The Balaban J connectivity index is 1.46. The van der Waals surface area contributed by atoms with Crippen molar-refractivity contribution >= 4 is 50.8 Å². The fourth-order valence-electron chi connectivity index (χ4n) is 3.74. The lowest BCUT2D eigenvalue weighted by Crippen LogP contribution is -2.14. The first-order chi connectivity index (χ1) is 15.6. The number of ketones is 1. The van der Waals surface area contributed by atoms with E-state index in [-0.39, 0.29) is 18.9 Å². The van der Waals surface area contributed by atoms with Crippen molar-refractivity contribution in [2.24, 2.45) is 0 Å². The van der Waals surface area contributed by atoms with Crippen LogP contribution < -0.4 is 4.74 Å². The van der Waals surface area contributed by atoms with Gasteiger partial charge in [0.05, 0.1) is 22.6 Å². The Morgan fingerprint density at radius 2 is 1.66 bits per heavy atom. The number of halogens is 2. The minimum absolute atomic E-state index is 0.00433. The molecule has 0 saturated carbocycles. The van der Waals surface area contributed by atoms with Gasteiger partial charge in [-0.2, -0.15) is 0 Å². The van der Waals surface area contributed by atoms with Crippen LogP contribution in [-0.4, -0.2) is 15.3 Å². The fourth-order valence-corrected chi connectivity index (χ4v) is 4.21. The Kier molecular flexibility index (Phi) is 5.56. The summed E-state index contributed by atoms with van der Waals surface area (Å²) in [6.45, 7) is 0.326. The quantitative estimate of drug-likeness (QED) is 0.257. The summed E-state index contributed by atoms with van der Waals surface area (Å²) in [5.74, 6) is 1.16. The Hall–Kier alpha value is -3.34. The summed E-state index contributed by atoms with van der Waals surface area (Å²) in [6.07, 6.45) is 0. The van der Waals surface area contributed by atoms with Gasteiger partial charge < -0.3 is 9.30 Å². The number of hydrogen-bond donors (Lipinski definition) is 0. The van der Waals surface area contributed by atoms with Gasteiger partial charge in [0.2, 0.25) is 0 Å². The van der Waals surface area contributed by atoms with Crippen molar-refractivity contribution in [2.45, 2.75) is 13.2 Å². The van der Waals surface area contributed by atoms with Crippen molar-refractivity contribution in [3.8, 4) is 5.75 Å². The van der Waals surface area contributed by atoms with Crippen LogP contribution in [0.25, 0.3) is 21.8 Å². The van der Waals surface area contributed by atoms with Crippen molar-refractivity contribution in [1.29, 1.82) is 0 Å². The molecule has 0 amide bonds. The van der Waals surface area contributed by atoms with Gasteiger partial charge in [0.25, 0.3) is 0 Å². The molecule has 0 unspecified atom stereocenters. The summed E-state index contributed by atoms with van der Waals surface area (Å²) < 4.78 is 7.81. The number of rotatable bonds is 6. The van der Waals surface area contributed by atoms with Crippen molar-refractivity contribution in [3.63, 3.8) is 0 Å². The lowest BCUT2D eigenvalue weighted by atomic mass is 10.0. The number of carbonyl (C=O) groups is 1. The second kappa shape index (κ2) is 8.65. The third-order valence-electron chi connectivity index (χ3n) is 5.36. The first-order valence-electron chi connectivity index (χ1n) is 10.1. The van der Waals surface area contributed by atoms with E-state index < -0.39 is 0 Å². The van der Waals surface area contributed by atoms with Gasteiger partial charge in [0.15, 0.2) is 5.78 Å². The minimum Gasteiger partial charge on any atom is -0.484 e. The zero-order valence-electron chi connectivity index (χ0n) is 17.0. The van der Waals surface area contributed by atoms with Crippen LogP contribution in [0.2, 0.25) is 10.0 Å². The smallest absolute Gasteiger partial charge is 0.182 e. The predicted octanol–water partition coefficient (Wildman–Crippen LogP) is 6.96. The fraction of sp³-hybridized carbons (Fsp3) is 0.0769. The lowest BCUT2D eigenvalue weighted by molar-refractivity contribution is 0.0971. The van der Waals surface area contributed by atoms with Gasteiger partial charge in [-0.25, -0.2) is 4.98 Å². The molecule has 158 valence electrons. The van der Waals surface area contributed by atoms with Crippen molar-refractivity contribution in [1.82, 2.24) is 9.55 Å². The molecule has 0 fully saturated rings. The van der Waals surface area contributed by atoms with E-state index in [1.165, 1.54) is 0 Å². The maximum atomic E-state index is 13.2. The Labute approximate surface area is 195 Å². The lowest BCUT2D eigenvalue weighted by Gasteiger charge is -2.11. The zero-order valence-corrected chi connectivity index (χ0v) is 18.5. The molecule has 4 nitrogen and oxygen atoms in total. The van der Waals surface area contributed by atoms with Crippen LogP contribution in [0.5, 0.6) is 5.75 Å². The van der Waals surface area contributed by atoms with Gasteiger partial charge in [-0.1, -0.05) is 71.7 Å². The molecule has 0 spiro atoms. The number of Topliss-reactive ketones (excluding diaryl/α,β-unsaturated/α-hetero) is 1. The molecule has 0 aliphatic heterocycles. The third-order valence-corrected chi connectivity index (χ3v) is 5.89. The molecule has 1 heterocycles. The van der Waals surface area contributed by atoms with Gasteiger partial charge in [0.1, 0.15) is 18.2 Å². The van der Waals surface area contributed by atoms with E-state index in [9.17, 15) is 4.79 Å². The number of aromatic nitrogens is 2. The third kappa shape index (κ3) is 4.07. The molecule has 5 aromatic rings. The summed E-state index contributed by atoms with van der Waals surface area (Å²) >= 11 is 12.2. The molecule has 0 bridgehead atoms. The first kappa shape index (κ1) is 20.6. The number of hydrogen-bond acceptors (Lipinski definition) is 3. The van der Waals surface area contributed by atoms with E-state index in [1.54, 1.807) is 18.2 Å². The predicted molar refractivity (Wildman–Crippen MR) is 129 cm³/mol. The molecular formula is C26H18Cl2N2O2. The average Bonchev–Trinajstić information content (AvgIpc) is 3.15. The van der Waals surface area contributed by atoms with Crippen LogP contribution in [-0.2, 0) is 13.2 Å². The van der Waals surface area contributed by atoms with E-state index in [0.29, 0.717) is 27.2 Å². The number of nitrogens with zero attached hydrogens (tertiary/aromatic N) is 2. The number of fused-ring (bicyclic) bond motifs is 2. The largest absolute Gasteiger partial charge is 0.484 e. The number of ether oxygens (including phenoxy) is 1. The van der Waals surface area contributed by atoms with Gasteiger partial charge in [-0.05, 0) is 47.2 Å². The second-order valence-electron chi connectivity index (χ2n) is 7.45. The monoisotopic (exact) mass is 460 g/mol. The van der Waals surface area contributed by atoms with Gasteiger partial charge in [0, 0.05) is 10.6 Å². The molecule has 1 aromatic heterocycles. The number of benzene rings is 4. The van der Waals surface area contributed by atoms with Crippen LogP contribution in [0.1, 0.15) is 16.2 Å². The van der Waals surface area contributed by atoms with E-state index in [4.69, 9.17) is 27.9 Å².